The van der Waals surface area contributed by atoms with Gasteiger partial charge in [-0.1, -0.05) is 0 Å². The van der Waals surface area contributed by atoms with E-state index in [9.17, 15) is 28.1 Å². The molecule has 0 aromatic heterocycles. The normalized spacial score (nSPS) is 10.8. The van der Waals surface area contributed by atoms with E-state index in [-0.39, 0.29) is 40.6 Å². The van der Waals surface area contributed by atoms with Crippen molar-refractivity contribution in [3.05, 3.63) is 63.7 Å². The number of ether oxygens (including phenoxy) is 2. The predicted molar refractivity (Wildman–Crippen MR) is 102 cm³/mol. The molecular weight excluding hydrogens is 404 g/mol. The zero-order valence-corrected chi connectivity index (χ0v) is 16.4. The first-order chi connectivity index (χ1) is 13.7. The van der Waals surface area contributed by atoms with Crippen LogP contribution in [0.4, 0.5) is 11.4 Å². The van der Waals surface area contributed by atoms with Gasteiger partial charge in [-0.2, -0.15) is 0 Å². The first-order valence-corrected chi connectivity index (χ1v) is 9.92. The molecular formula is C18H18N2O8S. The van der Waals surface area contributed by atoms with E-state index in [0.29, 0.717) is 0 Å². The molecule has 0 saturated carbocycles. The lowest BCUT2D eigenvalue weighted by Gasteiger charge is -2.12. The molecule has 0 saturated heterocycles. The number of anilines is 1. The molecule has 29 heavy (non-hydrogen) atoms. The Balaban J connectivity index is 2.42. The molecule has 0 heterocycles. The summed E-state index contributed by atoms with van der Waals surface area (Å²) in [5.41, 5.74) is -0.424. The summed E-state index contributed by atoms with van der Waals surface area (Å²) in [5, 5.41) is 10.7. The van der Waals surface area contributed by atoms with Gasteiger partial charge < -0.3 is 9.47 Å². The van der Waals surface area contributed by atoms with Crippen LogP contribution in [0.2, 0.25) is 0 Å². The molecule has 0 atom stereocenters. The number of nitrogens with zero attached hydrogens (tertiary/aromatic N) is 1. The quantitative estimate of drug-likeness (QED) is 0.389. The molecule has 11 heteroatoms. The SMILES string of the molecule is CCOC(=O)c1cc(NS(=O)(=O)c2ccc([N+](=O)[O-])cc2)cc(C(=O)OCC)c1. The number of nitrogens with one attached hydrogen (secondary N) is 1. The van der Waals surface area contributed by atoms with Crippen molar-refractivity contribution in [2.24, 2.45) is 0 Å². The summed E-state index contributed by atoms with van der Waals surface area (Å²) >= 11 is 0. The van der Waals surface area contributed by atoms with Crippen LogP contribution in [0.3, 0.4) is 0 Å². The lowest BCUT2D eigenvalue weighted by molar-refractivity contribution is -0.384. The molecule has 0 amide bonds. The largest absolute Gasteiger partial charge is 0.462 e. The van der Waals surface area contributed by atoms with Crippen LogP contribution < -0.4 is 4.72 Å². The van der Waals surface area contributed by atoms with E-state index in [4.69, 9.17) is 9.47 Å². The third-order valence-electron chi connectivity index (χ3n) is 3.57. The Morgan fingerprint density at radius 2 is 1.45 bits per heavy atom. The monoisotopic (exact) mass is 422 g/mol. The van der Waals surface area contributed by atoms with Gasteiger partial charge >= 0.3 is 11.9 Å². The molecule has 0 fully saturated rings. The number of nitro benzene ring substituents is 1. The van der Waals surface area contributed by atoms with E-state index in [0.717, 1.165) is 24.3 Å². The summed E-state index contributed by atoms with van der Waals surface area (Å²) in [5.74, 6) is -1.48. The van der Waals surface area contributed by atoms with Gasteiger partial charge in [0.05, 0.1) is 39.8 Å². The molecule has 0 unspecified atom stereocenters. The maximum Gasteiger partial charge on any atom is 0.338 e. The van der Waals surface area contributed by atoms with Crippen LogP contribution in [0.25, 0.3) is 0 Å². The fourth-order valence-electron chi connectivity index (χ4n) is 2.31. The van der Waals surface area contributed by atoms with Crippen molar-refractivity contribution in [3.63, 3.8) is 0 Å². The van der Waals surface area contributed by atoms with E-state index < -0.39 is 26.9 Å². The zero-order valence-electron chi connectivity index (χ0n) is 15.6. The molecule has 0 aliphatic rings. The molecule has 10 nitrogen and oxygen atoms in total. The lowest BCUT2D eigenvalue weighted by Crippen LogP contribution is -2.15. The highest BCUT2D eigenvalue weighted by molar-refractivity contribution is 7.92. The number of carbonyl (C=O) groups is 2. The van der Waals surface area contributed by atoms with Gasteiger partial charge in [0.2, 0.25) is 0 Å². The maximum absolute atomic E-state index is 12.6. The Kier molecular flexibility index (Phi) is 6.89. The highest BCUT2D eigenvalue weighted by Crippen LogP contribution is 2.22. The van der Waals surface area contributed by atoms with E-state index in [1.165, 1.54) is 18.2 Å². The Labute approximate surface area is 166 Å². The van der Waals surface area contributed by atoms with Crippen LogP contribution >= 0.6 is 0 Å². The molecule has 2 aromatic rings. The van der Waals surface area contributed by atoms with E-state index in [1.807, 2.05) is 0 Å². The summed E-state index contributed by atoms with van der Waals surface area (Å²) in [6, 6.07) is 7.90. The minimum absolute atomic E-state index is 0.0428. The topological polar surface area (TPSA) is 142 Å². The van der Waals surface area contributed by atoms with Crippen molar-refractivity contribution < 1.29 is 32.4 Å². The molecule has 2 aromatic carbocycles. The smallest absolute Gasteiger partial charge is 0.338 e. The number of rotatable bonds is 8. The molecule has 0 spiro atoms. The molecule has 154 valence electrons. The minimum Gasteiger partial charge on any atom is -0.462 e. The first kappa shape index (κ1) is 21.8. The number of benzene rings is 2. The van der Waals surface area contributed by atoms with Gasteiger partial charge in [-0.05, 0) is 44.2 Å². The summed E-state index contributed by atoms with van der Waals surface area (Å²) in [7, 11) is -4.14. The van der Waals surface area contributed by atoms with Crippen LogP contribution in [-0.2, 0) is 19.5 Å². The van der Waals surface area contributed by atoms with Crippen molar-refractivity contribution >= 4 is 33.3 Å². The van der Waals surface area contributed by atoms with Crippen LogP contribution in [0, 0.1) is 10.1 Å². The summed E-state index contributed by atoms with van der Waals surface area (Å²) in [6.07, 6.45) is 0. The van der Waals surface area contributed by atoms with Crippen LogP contribution in [0.15, 0.2) is 47.4 Å². The van der Waals surface area contributed by atoms with Gasteiger partial charge in [-0.25, -0.2) is 18.0 Å². The van der Waals surface area contributed by atoms with Crippen LogP contribution in [0.1, 0.15) is 34.6 Å². The number of sulfonamides is 1. The molecule has 0 radical (unpaired) electrons. The fourth-order valence-corrected chi connectivity index (χ4v) is 3.35. The highest BCUT2D eigenvalue weighted by atomic mass is 32.2. The standard InChI is InChI=1S/C18H18N2O8S/c1-3-27-17(21)12-9-13(18(22)28-4-2)11-14(10-12)19-29(25,26)16-7-5-15(6-8-16)20(23)24/h5-11,19H,3-4H2,1-2H3. The Morgan fingerprint density at radius 3 is 1.86 bits per heavy atom. The Morgan fingerprint density at radius 1 is 0.966 bits per heavy atom. The van der Waals surface area contributed by atoms with Gasteiger partial charge in [0.1, 0.15) is 0 Å². The van der Waals surface area contributed by atoms with E-state index >= 15 is 0 Å². The molecule has 0 aliphatic carbocycles. The summed E-state index contributed by atoms with van der Waals surface area (Å²) in [4.78, 5) is 33.9. The molecule has 2 rings (SSSR count). The predicted octanol–water partition coefficient (Wildman–Crippen LogP) is 2.75. The summed E-state index contributed by atoms with van der Waals surface area (Å²) < 4.78 is 37.2. The van der Waals surface area contributed by atoms with Crippen LogP contribution in [0.5, 0.6) is 0 Å². The lowest BCUT2D eigenvalue weighted by atomic mass is 10.1. The molecule has 1 N–H and O–H groups in total. The Bertz CT molecular complexity index is 996. The second kappa shape index (κ2) is 9.15. The zero-order chi connectivity index (χ0) is 21.6. The number of esters is 2. The van der Waals surface area contributed by atoms with Crippen molar-refractivity contribution in [1.29, 1.82) is 0 Å². The van der Waals surface area contributed by atoms with Crippen molar-refractivity contribution in [1.82, 2.24) is 0 Å². The third-order valence-corrected chi connectivity index (χ3v) is 4.96. The Hall–Kier alpha value is -3.47. The minimum atomic E-state index is -4.14. The number of carbonyl (C=O) groups excluding carboxylic acids is 2. The average Bonchev–Trinajstić information content (AvgIpc) is 2.67. The third kappa shape index (κ3) is 5.51. The fraction of sp³-hybridized carbons (Fsp3) is 0.222. The average molecular weight is 422 g/mol. The second-order valence-electron chi connectivity index (χ2n) is 5.60. The maximum atomic E-state index is 12.6. The van der Waals surface area contributed by atoms with Gasteiger partial charge in [0, 0.05) is 12.1 Å². The van der Waals surface area contributed by atoms with Gasteiger partial charge in [0.15, 0.2) is 0 Å². The van der Waals surface area contributed by atoms with Crippen molar-refractivity contribution in [3.8, 4) is 0 Å². The van der Waals surface area contributed by atoms with Crippen molar-refractivity contribution in [2.45, 2.75) is 18.7 Å². The number of non-ortho nitro benzene ring substituents is 1. The molecule has 0 bridgehead atoms. The second-order valence-corrected chi connectivity index (χ2v) is 7.28. The van der Waals surface area contributed by atoms with Crippen LogP contribution in [-0.4, -0.2) is 38.5 Å². The van der Waals surface area contributed by atoms with Gasteiger partial charge in [-0.15, -0.1) is 0 Å². The number of nitro groups is 1. The van der Waals surface area contributed by atoms with Crippen molar-refractivity contribution in [2.75, 3.05) is 17.9 Å². The van der Waals surface area contributed by atoms with Gasteiger partial charge in [0.25, 0.3) is 15.7 Å². The highest BCUT2D eigenvalue weighted by Gasteiger charge is 2.20. The number of hydrogen-bond donors (Lipinski definition) is 1. The summed E-state index contributed by atoms with van der Waals surface area (Å²) in [6.45, 7) is 3.38. The molecule has 0 aliphatic heterocycles. The first-order valence-electron chi connectivity index (χ1n) is 8.44. The van der Waals surface area contributed by atoms with E-state index in [1.54, 1.807) is 13.8 Å². The van der Waals surface area contributed by atoms with E-state index in [2.05, 4.69) is 4.72 Å². The van der Waals surface area contributed by atoms with Gasteiger partial charge in [-0.3, -0.25) is 14.8 Å². The number of hydrogen-bond acceptors (Lipinski definition) is 8.